The Labute approximate surface area is 70.5 Å². The van der Waals surface area contributed by atoms with Crippen molar-refractivity contribution in [2.75, 3.05) is 13.1 Å². The van der Waals surface area contributed by atoms with Crippen LogP contribution < -0.4 is 11.1 Å². The third-order valence-electron chi connectivity index (χ3n) is 2.24. The van der Waals surface area contributed by atoms with Crippen LogP contribution in [0, 0.1) is 5.92 Å². The van der Waals surface area contributed by atoms with Crippen molar-refractivity contribution in [1.29, 1.82) is 0 Å². The van der Waals surface area contributed by atoms with E-state index in [0.29, 0.717) is 12.0 Å². The SMILES string of the molecule is CCCNC(CN)C(C)CC. The second-order valence-electron chi connectivity index (χ2n) is 3.18. The molecule has 11 heavy (non-hydrogen) atoms. The fraction of sp³-hybridized carbons (Fsp3) is 1.00. The van der Waals surface area contributed by atoms with Gasteiger partial charge in [0, 0.05) is 12.6 Å². The maximum atomic E-state index is 5.63. The molecular formula is C9H22N2. The lowest BCUT2D eigenvalue weighted by atomic mass is 9.99. The van der Waals surface area contributed by atoms with Crippen molar-refractivity contribution < 1.29 is 0 Å². The van der Waals surface area contributed by atoms with Crippen LogP contribution in [0.1, 0.15) is 33.6 Å². The first kappa shape index (κ1) is 10.9. The van der Waals surface area contributed by atoms with Crippen LogP contribution in [-0.2, 0) is 0 Å². The molecule has 0 aromatic carbocycles. The molecule has 0 aromatic heterocycles. The Morgan fingerprint density at radius 3 is 2.36 bits per heavy atom. The zero-order valence-electron chi connectivity index (χ0n) is 8.06. The second kappa shape index (κ2) is 6.62. The van der Waals surface area contributed by atoms with Crippen LogP contribution in [0.25, 0.3) is 0 Å². The van der Waals surface area contributed by atoms with Crippen molar-refractivity contribution in [1.82, 2.24) is 5.32 Å². The van der Waals surface area contributed by atoms with Crippen molar-refractivity contribution in [3.63, 3.8) is 0 Å². The molecule has 0 heterocycles. The number of hydrogen-bond donors (Lipinski definition) is 2. The Balaban J connectivity index is 3.56. The molecule has 0 fully saturated rings. The van der Waals surface area contributed by atoms with E-state index in [1.54, 1.807) is 0 Å². The van der Waals surface area contributed by atoms with Gasteiger partial charge in [0.15, 0.2) is 0 Å². The van der Waals surface area contributed by atoms with Gasteiger partial charge in [0.2, 0.25) is 0 Å². The molecule has 0 saturated carbocycles. The summed E-state index contributed by atoms with van der Waals surface area (Å²) in [6.45, 7) is 8.49. The van der Waals surface area contributed by atoms with Gasteiger partial charge in [0.05, 0.1) is 0 Å². The summed E-state index contributed by atoms with van der Waals surface area (Å²) in [4.78, 5) is 0. The first-order valence-corrected chi connectivity index (χ1v) is 4.69. The maximum Gasteiger partial charge on any atom is 0.0215 e. The summed E-state index contributed by atoms with van der Waals surface area (Å²) in [5.41, 5.74) is 5.63. The highest BCUT2D eigenvalue weighted by atomic mass is 14.9. The summed E-state index contributed by atoms with van der Waals surface area (Å²) in [6, 6.07) is 0.514. The Morgan fingerprint density at radius 1 is 1.36 bits per heavy atom. The summed E-state index contributed by atoms with van der Waals surface area (Å²) in [5.74, 6) is 0.701. The van der Waals surface area contributed by atoms with Crippen molar-refractivity contribution >= 4 is 0 Å². The largest absolute Gasteiger partial charge is 0.329 e. The topological polar surface area (TPSA) is 38.0 Å². The lowest BCUT2D eigenvalue weighted by Gasteiger charge is -2.22. The van der Waals surface area contributed by atoms with E-state index in [0.717, 1.165) is 13.1 Å². The quantitative estimate of drug-likeness (QED) is 0.612. The zero-order chi connectivity index (χ0) is 8.69. The predicted octanol–water partition coefficient (Wildman–Crippen LogP) is 1.36. The predicted molar refractivity (Wildman–Crippen MR) is 50.6 cm³/mol. The van der Waals surface area contributed by atoms with Gasteiger partial charge in [-0.1, -0.05) is 27.2 Å². The van der Waals surface area contributed by atoms with Gasteiger partial charge in [0.25, 0.3) is 0 Å². The second-order valence-corrected chi connectivity index (χ2v) is 3.18. The van der Waals surface area contributed by atoms with E-state index >= 15 is 0 Å². The molecule has 0 aliphatic heterocycles. The monoisotopic (exact) mass is 158 g/mol. The van der Waals surface area contributed by atoms with Crippen LogP contribution in [0.15, 0.2) is 0 Å². The van der Waals surface area contributed by atoms with Crippen molar-refractivity contribution in [2.45, 2.75) is 39.7 Å². The van der Waals surface area contributed by atoms with E-state index in [9.17, 15) is 0 Å². The van der Waals surface area contributed by atoms with Crippen LogP contribution in [0.4, 0.5) is 0 Å². The fourth-order valence-electron chi connectivity index (χ4n) is 1.13. The summed E-state index contributed by atoms with van der Waals surface area (Å²) < 4.78 is 0. The molecule has 2 unspecified atom stereocenters. The van der Waals surface area contributed by atoms with Gasteiger partial charge in [0.1, 0.15) is 0 Å². The minimum Gasteiger partial charge on any atom is -0.329 e. The Hall–Kier alpha value is -0.0800. The molecule has 2 heteroatoms. The molecule has 2 nitrogen and oxygen atoms in total. The highest BCUT2D eigenvalue weighted by Crippen LogP contribution is 2.05. The van der Waals surface area contributed by atoms with Gasteiger partial charge in [-0.3, -0.25) is 0 Å². The van der Waals surface area contributed by atoms with Crippen LogP contribution in [0.2, 0.25) is 0 Å². The van der Waals surface area contributed by atoms with Crippen LogP contribution in [0.5, 0.6) is 0 Å². The van der Waals surface area contributed by atoms with Gasteiger partial charge >= 0.3 is 0 Å². The van der Waals surface area contributed by atoms with Crippen molar-refractivity contribution in [3.05, 3.63) is 0 Å². The summed E-state index contributed by atoms with van der Waals surface area (Å²) >= 11 is 0. The number of nitrogens with one attached hydrogen (secondary N) is 1. The van der Waals surface area contributed by atoms with Gasteiger partial charge in [-0.2, -0.15) is 0 Å². The first-order valence-electron chi connectivity index (χ1n) is 4.69. The van der Waals surface area contributed by atoms with E-state index in [1.165, 1.54) is 12.8 Å². The van der Waals surface area contributed by atoms with Gasteiger partial charge in [-0.05, 0) is 18.9 Å². The number of rotatable bonds is 6. The number of hydrogen-bond acceptors (Lipinski definition) is 2. The summed E-state index contributed by atoms with van der Waals surface area (Å²) in [6.07, 6.45) is 2.39. The highest BCUT2D eigenvalue weighted by molar-refractivity contribution is 4.72. The molecule has 0 radical (unpaired) electrons. The van der Waals surface area contributed by atoms with E-state index in [-0.39, 0.29) is 0 Å². The van der Waals surface area contributed by atoms with E-state index in [1.807, 2.05) is 0 Å². The molecule has 0 aromatic rings. The van der Waals surface area contributed by atoms with Crippen LogP contribution in [0.3, 0.4) is 0 Å². The lowest BCUT2D eigenvalue weighted by Crippen LogP contribution is -2.41. The third kappa shape index (κ3) is 4.38. The van der Waals surface area contributed by atoms with Gasteiger partial charge < -0.3 is 11.1 Å². The molecule has 2 atom stereocenters. The third-order valence-corrected chi connectivity index (χ3v) is 2.24. The van der Waals surface area contributed by atoms with Gasteiger partial charge in [-0.15, -0.1) is 0 Å². The minimum atomic E-state index is 0.514. The van der Waals surface area contributed by atoms with Crippen molar-refractivity contribution in [2.24, 2.45) is 11.7 Å². The van der Waals surface area contributed by atoms with Gasteiger partial charge in [-0.25, -0.2) is 0 Å². The minimum absolute atomic E-state index is 0.514. The Kier molecular flexibility index (Phi) is 6.57. The zero-order valence-corrected chi connectivity index (χ0v) is 8.06. The molecule has 0 amide bonds. The lowest BCUT2D eigenvalue weighted by molar-refractivity contribution is 0.374. The fourth-order valence-corrected chi connectivity index (χ4v) is 1.13. The smallest absolute Gasteiger partial charge is 0.0215 e. The normalized spacial score (nSPS) is 16.4. The highest BCUT2D eigenvalue weighted by Gasteiger charge is 2.11. The molecule has 3 N–H and O–H groups in total. The van der Waals surface area contributed by atoms with E-state index in [4.69, 9.17) is 5.73 Å². The van der Waals surface area contributed by atoms with E-state index < -0.39 is 0 Å². The van der Waals surface area contributed by atoms with E-state index in [2.05, 4.69) is 26.1 Å². The van der Waals surface area contributed by atoms with Crippen LogP contribution in [-0.4, -0.2) is 19.1 Å². The molecule has 0 saturated heterocycles. The molecule has 0 aliphatic carbocycles. The standard InChI is InChI=1S/C9H22N2/c1-4-6-11-9(7-10)8(3)5-2/h8-9,11H,4-7,10H2,1-3H3. The number of nitrogens with two attached hydrogens (primary N) is 1. The average Bonchev–Trinajstić information content (AvgIpc) is 2.05. The first-order chi connectivity index (χ1) is 5.26. The molecule has 68 valence electrons. The van der Waals surface area contributed by atoms with Crippen molar-refractivity contribution in [3.8, 4) is 0 Å². The summed E-state index contributed by atoms with van der Waals surface area (Å²) in [7, 11) is 0. The Morgan fingerprint density at radius 2 is 2.00 bits per heavy atom. The molecule has 0 spiro atoms. The van der Waals surface area contributed by atoms with Crippen LogP contribution >= 0.6 is 0 Å². The summed E-state index contributed by atoms with van der Waals surface area (Å²) in [5, 5.41) is 3.44. The molecular weight excluding hydrogens is 136 g/mol. The Bertz CT molecular complexity index is 83.6. The molecule has 0 bridgehead atoms. The average molecular weight is 158 g/mol. The molecule has 0 rings (SSSR count). The molecule has 0 aliphatic rings. The maximum absolute atomic E-state index is 5.63.